The first-order valence-electron chi connectivity index (χ1n) is 5.72. The predicted octanol–water partition coefficient (Wildman–Crippen LogP) is 2.47. The molecule has 0 saturated carbocycles. The van der Waals surface area contributed by atoms with Gasteiger partial charge in [-0.05, 0) is 25.1 Å². The molecule has 1 aromatic rings. The summed E-state index contributed by atoms with van der Waals surface area (Å²) in [7, 11) is 0. The van der Waals surface area contributed by atoms with E-state index in [4.69, 9.17) is 28.9 Å². The van der Waals surface area contributed by atoms with Crippen molar-refractivity contribution in [2.75, 3.05) is 0 Å². The van der Waals surface area contributed by atoms with Crippen LogP contribution in [0.5, 0.6) is 0 Å². The standard InChI is InChI=1S/C13H13Cl2N3O/c1-7-5-6-10(18-17-7)12(13(16)19)11-8(14)3-2-4-9(11)15/h2-6,10,12,18H,1H3,(H2,16,19). The van der Waals surface area contributed by atoms with Crippen LogP contribution in [-0.2, 0) is 4.79 Å². The highest BCUT2D eigenvalue weighted by Gasteiger charge is 2.31. The van der Waals surface area contributed by atoms with Crippen LogP contribution in [0, 0.1) is 0 Å². The van der Waals surface area contributed by atoms with E-state index in [1.165, 1.54) is 0 Å². The maximum Gasteiger partial charge on any atom is 0.227 e. The van der Waals surface area contributed by atoms with Gasteiger partial charge in [0.15, 0.2) is 0 Å². The minimum atomic E-state index is -0.672. The molecule has 2 rings (SSSR count). The zero-order valence-corrected chi connectivity index (χ0v) is 11.7. The van der Waals surface area contributed by atoms with Crippen molar-refractivity contribution in [3.05, 3.63) is 46.0 Å². The summed E-state index contributed by atoms with van der Waals surface area (Å²) < 4.78 is 0. The molecule has 3 N–H and O–H groups in total. The number of carbonyl (C=O) groups is 1. The summed E-state index contributed by atoms with van der Waals surface area (Å²) in [6.45, 7) is 1.85. The Morgan fingerprint density at radius 2 is 2.05 bits per heavy atom. The van der Waals surface area contributed by atoms with Crippen LogP contribution in [0.25, 0.3) is 0 Å². The van der Waals surface area contributed by atoms with Crippen LogP contribution in [-0.4, -0.2) is 17.7 Å². The number of hydrazone groups is 1. The van der Waals surface area contributed by atoms with Gasteiger partial charge in [0.1, 0.15) is 0 Å². The van der Waals surface area contributed by atoms with Crippen molar-refractivity contribution < 1.29 is 4.79 Å². The van der Waals surface area contributed by atoms with Crippen molar-refractivity contribution >= 4 is 34.8 Å². The zero-order chi connectivity index (χ0) is 14.0. The van der Waals surface area contributed by atoms with Crippen molar-refractivity contribution in [1.82, 2.24) is 5.43 Å². The number of hydrogen-bond donors (Lipinski definition) is 2. The second-order valence-electron chi connectivity index (χ2n) is 4.28. The van der Waals surface area contributed by atoms with Crippen LogP contribution in [0.1, 0.15) is 18.4 Å². The number of halogens is 2. The molecule has 1 aliphatic heterocycles. The van der Waals surface area contributed by atoms with Gasteiger partial charge in [-0.25, -0.2) is 0 Å². The van der Waals surface area contributed by atoms with E-state index in [0.29, 0.717) is 15.6 Å². The quantitative estimate of drug-likeness (QED) is 0.900. The van der Waals surface area contributed by atoms with E-state index in [9.17, 15) is 4.79 Å². The number of amides is 1. The molecule has 2 atom stereocenters. The molecule has 1 aliphatic rings. The minimum Gasteiger partial charge on any atom is -0.369 e. The number of allylic oxidation sites excluding steroid dienone is 1. The Bertz CT molecular complexity index is 549. The SMILES string of the molecule is CC1=NNC(C(C(N)=O)c2c(Cl)cccc2Cl)C=C1. The Hall–Kier alpha value is -1.52. The monoisotopic (exact) mass is 297 g/mol. The lowest BCUT2D eigenvalue weighted by atomic mass is 9.90. The molecule has 19 heavy (non-hydrogen) atoms. The van der Waals surface area contributed by atoms with Gasteiger partial charge in [-0.15, -0.1) is 0 Å². The van der Waals surface area contributed by atoms with E-state index in [0.717, 1.165) is 5.71 Å². The van der Waals surface area contributed by atoms with Crippen molar-refractivity contribution in [3.8, 4) is 0 Å². The van der Waals surface area contributed by atoms with E-state index in [2.05, 4.69) is 10.5 Å². The number of primary amides is 1. The van der Waals surface area contributed by atoms with Gasteiger partial charge in [0.25, 0.3) is 0 Å². The van der Waals surface area contributed by atoms with Crippen molar-refractivity contribution in [2.24, 2.45) is 10.8 Å². The van der Waals surface area contributed by atoms with E-state index in [1.54, 1.807) is 18.2 Å². The highest BCUT2D eigenvalue weighted by atomic mass is 35.5. The van der Waals surface area contributed by atoms with Gasteiger partial charge in [-0.1, -0.05) is 35.3 Å². The highest BCUT2D eigenvalue weighted by Crippen LogP contribution is 2.34. The van der Waals surface area contributed by atoms with Crippen LogP contribution in [0.4, 0.5) is 0 Å². The molecule has 0 fully saturated rings. The minimum absolute atomic E-state index is 0.362. The lowest BCUT2D eigenvalue weighted by Gasteiger charge is -2.25. The van der Waals surface area contributed by atoms with Crippen LogP contribution in [0.15, 0.2) is 35.5 Å². The van der Waals surface area contributed by atoms with Gasteiger partial charge in [0.05, 0.1) is 17.7 Å². The fourth-order valence-corrected chi connectivity index (χ4v) is 2.62. The maximum atomic E-state index is 11.8. The number of nitrogens with zero attached hydrogens (tertiary/aromatic N) is 1. The summed E-state index contributed by atoms with van der Waals surface area (Å²) in [5.41, 5.74) is 9.73. The molecular weight excluding hydrogens is 285 g/mol. The second kappa shape index (κ2) is 5.63. The Labute approximate surface area is 121 Å². The van der Waals surface area contributed by atoms with Gasteiger partial charge >= 0.3 is 0 Å². The molecule has 100 valence electrons. The molecule has 1 amide bonds. The third-order valence-corrected chi connectivity index (χ3v) is 3.57. The molecule has 0 saturated heterocycles. The molecule has 0 aliphatic carbocycles. The first-order chi connectivity index (χ1) is 9.00. The molecule has 1 heterocycles. The van der Waals surface area contributed by atoms with Crippen LogP contribution >= 0.6 is 23.2 Å². The number of nitrogens with two attached hydrogens (primary N) is 1. The molecule has 0 radical (unpaired) electrons. The Kier molecular flexibility index (Phi) is 4.12. The topological polar surface area (TPSA) is 67.5 Å². The molecule has 0 aromatic heterocycles. The molecule has 6 heteroatoms. The second-order valence-corrected chi connectivity index (χ2v) is 5.10. The maximum absolute atomic E-state index is 11.8. The summed E-state index contributed by atoms with van der Waals surface area (Å²) in [5.74, 6) is -1.18. The fourth-order valence-electron chi connectivity index (χ4n) is 1.99. The van der Waals surface area contributed by atoms with Crippen molar-refractivity contribution in [3.63, 3.8) is 0 Å². The highest BCUT2D eigenvalue weighted by molar-refractivity contribution is 6.36. The third kappa shape index (κ3) is 2.91. The lowest BCUT2D eigenvalue weighted by molar-refractivity contribution is -0.119. The Morgan fingerprint density at radius 3 is 2.53 bits per heavy atom. The van der Waals surface area contributed by atoms with E-state index >= 15 is 0 Å². The number of nitrogens with one attached hydrogen (secondary N) is 1. The molecule has 4 nitrogen and oxygen atoms in total. The summed E-state index contributed by atoms with van der Waals surface area (Å²) >= 11 is 12.3. The summed E-state index contributed by atoms with van der Waals surface area (Å²) in [6, 6.07) is 4.72. The van der Waals surface area contributed by atoms with E-state index in [1.807, 2.05) is 19.1 Å². The molecule has 0 spiro atoms. The summed E-state index contributed by atoms with van der Waals surface area (Å²) in [4.78, 5) is 11.8. The predicted molar refractivity (Wildman–Crippen MR) is 77.6 cm³/mol. The van der Waals surface area contributed by atoms with E-state index in [-0.39, 0.29) is 6.04 Å². The molecule has 1 aromatic carbocycles. The van der Waals surface area contributed by atoms with Gasteiger partial charge in [-0.2, -0.15) is 5.10 Å². The van der Waals surface area contributed by atoms with Gasteiger partial charge in [-0.3, -0.25) is 4.79 Å². The number of hydrogen-bond acceptors (Lipinski definition) is 3. The molecular formula is C13H13Cl2N3O. The van der Waals surface area contributed by atoms with Crippen LogP contribution in [0.3, 0.4) is 0 Å². The summed E-state index contributed by atoms with van der Waals surface area (Å²) in [6.07, 6.45) is 3.65. The molecule has 2 unspecified atom stereocenters. The van der Waals surface area contributed by atoms with Crippen molar-refractivity contribution in [1.29, 1.82) is 0 Å². The largest absolute Gasteiger partial charge is 0.369 e. The lowest BCUT2D eigenvalue weighted by Crippen LogP contribution is -2.39. The number of rotatable bonds is 3. The zero-order valence-electron chi connectivity index (χ0n) is 10.2. The van der Waals surface area contributed by atoms with Crippen molar-refractivity contribution in [2.45, 2.75) is 18.9 Å². The first-order valence-corrected chi connectivity index (χ1v) is 6.47. The van der Waals surface area contributed by atoms with Gasteiger partial charge in [0.2, 0.25) is 5.91 Å². The van der Waals surface area contributed by atoms with Gasteiger partial charge in [0, 0.05) is 15.6 Å². The average Bonchev–Trinajstić information content (AvgIpc) is 2.35. The third-order valence-electron chi connectivity index (χ3n) is 2.91. The summed E-state index contributed by atoms with van der Waals surface area (Å²) in [5, 5.41) is 4.91. The average molecular weight is 298 g/mol. The smallest absolute Gasteiger partial charge is 0.227 e. The van der Waals surface area contributed by atoms with Gasteiger partial charge < -0.3 is 11.2 Å². The number of benzene rings is 1. The van der Waals surface area contributed by atoms with Crippen LogP contribution in [0.2, 0.25) is 10.0 Å². The number of carbonyl (C=O) groups excluding carboxylic acids is 1. The normalized spacial score (nSPS) is 19.5. The van der Waals surface area contributed by atoms with Crippen LogP contribution < -0.4 is 11.2 Å². The first kappa shape index (κ1) is 13.9. The Balaban J connectivity index is 2.42. The fraction of sp³-hybridized carbons (Fsp3) is 0.231. The Morgan fingerprint density at radius 1 is 1.42 bits per heavy atom. The molecule has 0 bridgehead atoms. The van der Waals surface area contributed by atoms with E-state index < -0.39 is 11.8 Å².